The fraction of sp³-hybridized carbons (Fsp3) is 0.0952. The number of benzene rings is 3. The van der Waals surface area contributed by atoms with Gasteiger partial charge in [-0.05, 0) is 35.9 Å². The highest BCUT2D eigenvalue weighted by Crippen LogP contribution is 2.31. The molecular weight excluding hydrogens is 486 g/mol. The zero-order valence-corrected chi connectivity index (χ0v) is 18.2. The summed E-state index contributed by atoms with van der Waals surface area (Å²) >= 11 is 5.81. The highest BCUT2D eigenvalue weighted by Gasteiger charge is 2.30. The lowest BCUT2D eigenvalue weighted by atomic mass is 10.0. The standard InChI is InChI=1S/C21H16ClF4N3O3S/c22-14-6-9-17(23)19(10-14)29-20(30)28-18-11-15(33(31,32)27-12-21(24,25)26)7-8-16(18)13-4-2-1-3-5-13/h1-11,27H,12H2,(H2,28,29,30). The average molecular weight is 502 g/mol. The molecular formula is C21H16ClF4N3O3S. The molecule has 12 heteroatoms. The van der Waals surface area contributed by atoms with Crippen molar-refractivity contribution in [3.63, 3.8) is 0 Å². The molecule has 0 aliphatic rings. The van der Waals surface area contributed by atoms with Gasteiger partial charge >= 0.3 is 12.2 Å². The number of carbonyl (C=O) groups excluding carboxylic acids is 1. The lowest BCUT2D eigenvalue weighted by Crippen LogP contribution is -2.33. The van der Waals surface area contributed by atoms with E-state index < -0.39 is 39.5 Å². The number of halogens is 5. The molecule has 0 radical (unpaired) electrons. The van der Waals surface area contributed by atoms with Crippen LogP contribution in [0.2, 0.25) is 5.02 Å². The lowest BCUT2D eigenvalue weighted by molar-refractivity contribution is -0.121. The number of hydrogen-bond acceptors (Lipinski definition) is 3. The first-order valence-electron chi connectivity index (χ1n) is 9.23. The third kappa shape index (κ3) is 6.67. The van der Waals surface area contributed by atoms with Crippen molar-refractivity contribution >= 4 is 39.0 Å². The van der Waals surface area contributed by atoms with E-state index in [1.165, 1.54) is 22.9 Å². The largest absolute Gasteiger partial charge is 0.402 e. The smallest absolute Gasteiger partial charge is 0.307 e. The van der Waals surface area contributed by atoms with E-state index in [9.17, 15) is 30.8 Å². The van der Waals surface area contributed by atoms with Gasteiger partial charge in [0.1, 0.15) is 12.4 Å². The summed E-state index contributed by atoms with van der Waals surface area (Å²) in [5.41, 5.74) is 0.717. The highest BCUT2D eigenvalue weighted by atomic mass is 35.5. The molecule has 0 fully saturated rings. The molecule has 3 aromatic carbocycles. The van der Waals surface area contributed by atoms with E-state index in [-0.39, 0.29) is 16.4 Å². The minimum absolute atomic E-state index is 0.0315. The predicted molar refractivity (Wildman–Crippen MR) is 117 cm³/mol. The Morgan fingerprint density at radius 1 is 0.909 bits per heavy atom. The van der Waals surface area contributed by atoms with Crippen molar-refractivity contribution in [2.45, 2.75) is 11.1 Å². The van der Waals surface area contributed by atoms with Crippen molar-refractivity contribution in [2.24, 2.45) is 0 Å². The van der Waals surface area contributed by atoms with Gasteiger partial charge < -0.3 is 10.6 Å². The van der Waals surface area contributed by atoms with E-state index >= 15 is 0 Å². The molecule has 0 heterocycles. The van der Waals surface area contributed by atoms with E-state index in [1.54, 1.807) is 30.3 Å². The summed E-state index contributed by atoms with van der Waals surface area (Å²) in [7, 11) is -4.54. The van der Waals surface area contributed by atoms with E-state index in [1.807, 2.05) is 0 Å². The molecule has 174 valence electrons. The summed E-state index contributed by atoms with van der Waals surface area (Å²) in [6.07, 6.45) is -4.75. The predicted octanol–water partition coefficient (Wildman–Crippen LogP) is 5.63. The van der Waals surface area contributed by atoms with Crippen molar-refractivity contribution < 1.29 is 30.8 Å². The van der Waals surface area contributed by atoms with Crippen LogP contribution < -0.4 is 15.4 Å². The molecule has 0 aromatic heterocycles. The van der Waals surface area contributed by atoms with Crippen LogP contribution in [0.1, 0.15) is 0 Å². The third-order valence-corrected chi connectivity index (χ3v) is 5.91. The average Bonchev–Trinajstić information content (AvgIpc) is 2.75. The second kappa shape index (κ2) is 9.77. The van der Waals surface area contributed by atoms with Crippen LogP contribution in [0.4, 0.5) is 33.7 Å². The van der Waals surface area contributed by atoms with Gasteiger partial charge in [0.25, 0.3) is 0 Å². The molecule has 33 heavy (non-hydrogen) atoms. The zero-order valence-electron chi connectivity index (χ0n) is 16.6. The summed E-state index contributed by atoms with van der Waals surface area (Å²) in [6.45, 7) is -1.76. The first-order chi connectivity index (χ1) is 15.4. The van der Waals surface area contributed by atoms with E-state index in [2.05, 4.69) is 10.6 Å². The van der Waals surface area contributed by atoms with Gasteiger partial charge in [0.2, 0.25) is 10.0 Å². The SMILES string of the molecule is O=C(Nc1cc(Cl)ccc1F)Nc1cc(S(=O)(=O)NCC(F)(F)F)ccc1-c1ccccc1. The Balaban J connectivity index is 1.95. The van der Waals surface area contributed by atoms with Crippen LogP contribution in [-0.2, 0) is 10.0 Å². The number of urea groups is 1. The van der Waals surface area contributed by atoms with Gasteiger partial charge in [-0.15, -0.1) is 0 Å². The molecule has 0 saturated carbocycles. The Hall–Kier alpha value is -3.15. The van der Waals surface area contributed by atoms with Gasteiger partial charge in [-0.2, -0.15) is 13.2 Å². The second-order valence-corrected chi connectivity index (χ2v) is 8.92. The van der Waals surface area contributed by atoms with Crippen molar-refractivity contribution in [3.05, 3.63) is 77.6 Å². The second-order valence-electron chi connectivity index (χ2n) is 6.72. The summed E-state index contributed by atoms with van der Waals surface area (Å²) in [6, 6.07) is 14.6. The quantitative estimate of drug-likeness (QED) is 0.382. The van der Waals surface area contributed by atoms with Gasteiger partial charge in [0, 0.05) is 10.6 Å². The molecule has 0 spiro atoms. The first-order valence-corrected chi connectivity index (χ1v) is 11.1. The van der Waals surface area contributed by atoms with E-state index in [4.69, 9.17) is 11.6 Å². The molecule has 0 aliphatic carbocycles. The topological polar surface area (TPSA) is 87.3 Å². The zero-order chi connectivity index (χ0) is 24.2. The number of carbonyl (C=O) groups is 1. The summed E-state index contributed by atoms with van der Waals surface area (Å²) < 4.78 is 77.5. The summed E-state index contributed by atoms with van der Waals surface area (Å²) in [5.74, 6) is -0.759. The molecule has 2 amide bonds. The van der Waals surface area contributed by atoms with Crippen LogP contribution in [0.15, 0.2) is 71.6 Å². The van der Waals surface area contributed by atoms with Crippen LogP contribution in [-0.4, -0.2) is 27.2 Å². The fourth-order valence-corrected chi connectivity index (χ4v) is 4.01. The Labute approximate surface area is 191 Å². The minimum atomic E-state index is -4.75. The monoisotopic (exact) mass is 501 g/mol. The number of amides is 2. The minimum Gasteiger partial charge on any atom is -0.307 e. The molecule has 3 N–H and O–H groups in total. The van der Waals surface area contributed by atoms with Gasteiger partial charge in [0.15, 0.2) is 0 Å². The molecule has 6 nitrogen and oxygen atoms in total. The van der Waals surface area contributed by atoms with Gasteiger partial charge in [-0.3, -0.25) is 0 Å². The number of anilines is 2. The Morgan fingerprint density at radius 3 is 2.24 bits per heavy atom. The van der Waals surface area contributed by atoms with Crippen LogP contribution in [0, 0.1) is 5.82 Å². The molecule has 0 unspecified atom stereocenters. The molecule has 0 bridgehead atoms. The molecule has 3 rings (SSSR count). The van der Waals surface area contributed by atoms with E-state index in [0.29, 0.717) is 11.1 Å². The van der Waals surface area contributed by atoms with Crippen LogP contribution in [0.3, 0.4) is 0 Å². The molecule has 0 aliphatic heterocycles. The summed E-state index contributed by atoms with van der Waals surface area (Å²) in [5, 5.41) is 4.84. The lowest BCUT2D eigenvalue weighted by Gasteiger charge is -2.15. The maximum absolute atomic E-state index is 13.9. The Bertz CT molecular complexity index is 1270. The number of rotatable bonds is 6. The maximum atomic E-state index is 13.9. The third-order valence-electron chi connectivity index (χ3n) is 4.27. The van der Waals surface area contributed by atoms with Gasteiger partial charge in [0.05, 0.1) is 16.3 Å². The number of alkyl halides is 3. The van der Waals surface area contributed by atoms with Crippen LogP contribution in [0.5, 0.6) is 0 Å². The van der Waals surface area contributed by atoms with Gasteiger partial charge in [-0.1, -0.05) is 48.0 Å². The first kappa shape index (κ1) is 24.5. The van der Waals surface area contributed by atoms with Gasteiger partial charge in [-0.25, -0.2) is 22.3 Å². The molecule has 0 atom stereocenters. The number of sulfonamides is 1. The maximum Gasteiger partial charge on any atom is 0.402 e. The molecule has 3 aromatic rings. The number of hydrogen-bond donors (Lipinski definition) is 3. The van der Waals surface area contributed by atoms with Crippen molar-refractivity contribution in [2.75, 3.05) is 17.2 Å². The Morgan fingerprint density at radius 2 is 1.58 bits per heavy atom. The van der Waals surface area contributed by atoms with Crippen LogP contribution in [0.25, 0.3) is 11.1 Å². The number of nitrogens with one attached hydrogen (secondary N) is 3. The normalized spacial score (nSPS) is 11.8. The van der Waals surface area contributed by atoms with E-state index in [0.717, 1.165) is 18.2 Å². The van der Waals surface area contributed by atoms with Crippen molar-refractivity contribution in [1.29, 1.82) is 0 Å². The molecule has 0 saturated heterocycles. The fourth-order valence-electron chi connectivity index (χ4n) is 2.79. The van der Waals surface area contributed by atoms with Crippen molar-refractivity contribution in [1.82, 2.24) is 4.72 Å². The Kier molecular flexibility index (Phi) is 7.25. The van der Waals surface area contributed by atoms with Crippen LogP contribution >= 0.6 is 11.6 Å². The summed E-state index contributed by atoms with van der Waals surface area (Å²) in [4.78, 5) is 12.0. The highest BCUT2D eigenvalue weighted by molar-refractivity contribution is 7.89. The van der Waals surface area contributed by atoms with Crippen molar-refractivity contribution in [3.8, 4) is 11.1 Å².